The van der Waals surface area contributed by atoms with Gasteiger partial charge in [0.2, 0.25) is 0 Å². The maximum atomic E-state index is 14.1. The van der Waals surface area contributed by atoms with E-state index in [1.165, 1.54) is 48.5 Å². The van der Waals surface area contributed by atoms with Crippen LogP contribution in [-0.2, 0) is 0 Å². The van der Waals surface area contributed by atoms with Crippen LogP contribution < -0.4 is 18.9 Å². The highest BCUT2D eigenvalue weighted by Gasteiger charge is 2.24. The number of esters is 4. The third-order valence-electron chi connectivity index (χ3n) is 11.2. The molecule has 0 aliphatic rings. The fourth-order valence-corrected chi connectivity index (χ4v) is 7.86. The Morgan fingerprint density at radius 1 is 0.303 bits per heavy atom. The summed E-state index contributed by atoms with van der Waals surface area (Å²) in [4.78, 5) is 53.6. The molecule has 0 amide bonds. The van der Waals surface area contributed by atoms with Gasteiger partial charge in [0, 0.05) is 11.1 Å². The molecule has 10 rings (SSSR count). The van der Waals surface area contributed by atoms with Crippen LogP contribution in [0.1, 0.15) is 41.4 Å². The summed E-state index contributed by atoms with van der Waals surface area (Å²) in [5.41, 5.74) is 2.22. The molecule has 2 N–H and O–H groups in total. The zero-order valence-electron chi connectivity index (χ0n) is 34.6. The van der Waals surface area contributed by atoms with Crippen LogP contribution in [0.5, 0.6) is 34.5 Å². The largest absolute Gasteiger partial charge is 0.508 e. The van der Waals surface area contributed by atoms with E-state index < -0.39 is 23.9 Å². The van der Waals surface area contributed by atoms with Gasteiger partial charge in [0.15, 0.2) is 0 Å². The number of aromatic hydroxyl groups is 2. The van der Waals surface area contributed by atoms with Crippen LogP contribution in [0.4, 0.5) is 0 Å². The zero-order valence-corrected chi connectivity index (χ0v) is 34.6. The first-order valence-electron chi connectivity index (χ1n) is 20.7. The number of ether oxygens (including phenoxy) is 4. The lowest BCUT2D eigenvalue weighted by molar-refractivity contribution is 0.0723. The second-order valence-electron chi connectivity index (χ2n) is 15.4. The van der Waals surface area contributed by atoms with Crippen molar-refractivity contribution in [3.63, 3.8) is 0 Å². The molecule has 0 spiro atoms. The Hall–Kier alpha value is -9.28. The minimum Gasteiger partial charge on any atom is -0.508 e. The van der Waals surface area contributed by atoms with E-state index in [0.29, 0.717) is 33.4 Å². The van der Waals surface area contributed by atoms with Crippen LogP contribution in [0.15, 0.2) is 194 Å². The third-order valence-corrected chi connectivity index (χ3v) is 11.2. The van der Waals surface area contributed by atoms with Gasteiger partial charge in [-0.05, 0) is 152 Å². The van der Waals surface area contributed by atoms with Crippen molar-refractivity contribution < 1.29 is 48.3 Å². The molecule has 0 fully saturated rings. The van der Waals surface area contributed by atoms with Crippen molar-refractivity contribution in [2.24, 2.45) is 0 Å². The molecular formula is C56H34O10. The minimum absolute atomic E-state index is 0.0372. The van der Waals surface area contributed by atoms with Gasteiger partial charge >= 0.3 is 23.9 Å². The first-order chi connectivity index (χ1) is 32.1. The highest BCUT2D eigenvalue weighted by atomic mass is 16.5. The SMILES string of the molecule is O=C(Oc1ccc2cc(C(=O)Oc3ccc4ccccc4c3-c3c(OC(=O)c4ccc5cc(OC(=O)c6ccc(O)cc6)ccc5c4)ccc4ccccc34)ccc2c1)c1ccc(O)cc1. The van der Waals surface area contributed by atoms with E-state index in [2.05, 4.69) is 0 Å². The molecule has 0 atom stereocenters. The smallest absolute Gasteiger partial charge is 0.343 e. The van der Waals surface area contributed by atoms with Gasteiger partial charge in [0.1, 0.15) is 34.5 Å². The van der Waals surface area contributed by atoms with Gasteiger partial charge in [-0.15, -0.1) is 0 Å². The molecule has 318 valence electrons. The van der Waals surface area contributed by atoms with Crippen LogP contribution in [0.2, 0.25) is 0 Å². The molecule has 10 aromatic carbocycles. The molecular weight excluding hydrogens is 833 g/mol. The molecule has 0 bridgehead atoms. The van der Waals surface area contributed by atoms with Gasteiger partial charge in [0.05, 0.1) is 22.3 Å². The summed E-state index contributed by atoms with van der Waals surface area (Å²) in [6.45, 7) is 0. The quantitative estimate of drug-likeness (QED) is 0.106. The van der Waals surface area contributed by atoms with E-state index in [-0.39, 0.29) is 45.3 Å². The third kappa shape index (κ3) is 8.21. The Morgan fingerprint density at radius 2 is 0.636 bits per heavy atom. The van der Waals surface area contributed by atoms with E-state index >= 15 is 0 Å². The molecule has 0 aromatic heterocycles. The van der Waals surface area contributed by atoms with E-state index in [1.807, 2.05) is 60.7 Å². The zero-order chi connectivity index (χ0) is 45.3. The highest BCUT2D eigenvalue weighted by Crippen LogP contribution is 2.46. The van der Waals surface area contributed by atoms with Crippen molar-refractivity contribution in [1.29, 1.82) is 0 Å². The van der Waals surface area contributed by atoms with E-state index in [9.17, 15) is 29.4 Å². The molecule has 10 heteroatoms. The fraction of sp³-hybridized carbons (Fsp3) is 0. The van der Waals surface area contributed by atoms with Gasteiger partial charge in [-0.25, -0.2) is 19.2 Å². The van der Waals surface area contributed by atoms with Crippen LogP contribution in [-0.4, -0.2) is 34.1 Å². The summed E-state index contributed by atoms with van der Waals surface area (Å²) in [5.74, 6) is -1.21. The van der Waals surface area contributed by atoms with Crippen molar-refractivity contribution in [1.82, 2.24) is 0 Å². The summed E-state index contributed by atoms with van der Waals surface area (Å²) in [6.07, 6.45) is 0. The van der Waals surface area contributed by atoms with Crippen molar-refractivity contribution in [2.75, 3.05) is 0 Å². The van der Waals surface area contributed by atoms with Crippen molar-refractivity contribution in [3.8, 4) is 45.6 Å². The van der Waals surface area contributed by atoms with Gasteiger partial charge in [-0.2, -0.15) is 0 Å². The van der Waals surface area contributed by atoms with Crippen LogP contribution in [0.3, 0.4) is 0 Å². The second-order valence-corrected chi connectivity index (χ2v) is 15.4. The average Bonchev–Trinajstić information content (AvgIpc) is 3.34. The fourth-order valence-electron chi connectivity index (χ4n) is 7.86. The number of hydrogen-bond donors (Lipinski definition) is 2. The Kier molecular flexibility index (Phi) is 10.6. The molecule has 66 heavy (non-hydrogen) atoms. The van der Waals surface area contributed by atoms with Gasteiger partial charge in [-0.3, -0.25) is 0 Å². The van der Waals surface area contributed by atoms with Crippen LogP contribution >= 0.6 is 0 Å². The number of hydrogen-bond acceptors (Lipinski definition) is 10. The molecule has 10 aromatic rings. The monoisotopic (exact) mass is 866 g/mol. The summed E-state index contributed by atoms with van der Waals surface area (Å²) >= 11 is 0. The standard InChI is InChI=1S/C56H34O10/c57-43-21-13-35(14-22-43)53(59)63-45-25-17-37-29-41(11-9-39(37)31-45)55(61)65-49-27-19-33-5-1-3-7-47(33)51(49)52-48-8-4-2-6-34(48)20-28-50(52)66-56(62)42-12-10-40-32-46(26-18-38(40)30-42)64-54(60)36-15-23-44(58)24-16-36/h1-32,57-58H. The van der Waals surface area contributed by atoms with Gasteiger partial charge in [-0.1, -0.05) is 84.9 Å². The predicted octanol–water partition coefficient (Wildman–Crippen LogP) is 12.3. The van der Waals surface area contributed by atoms with Crippen molar-refractivity contribution in [2.45, 2.75) is 0 Å². The number of phenols is 2. The number of benzene rings is 10. The summed E-state index contributed by atoms with van der Waals surface area (Å²) < 4.78 is 23.7. The first-order valence-corrected chi connectivity index (χ1v) is 20.7. The Morgan fingerprint density at radius 3 is 1.06 bits per heavy atom. The topological polar surface area (TPSA) is 146 Å². The normalized spacial score (nSPS) is 11.1. The summed E-state index contributed by atoms with van der Waals surface area (Å²) in [7, 11) is 0. The lowest BCUT2D eigenvalue weighted by Gasteiger charge is -2.19. The highest BCUT2D eigenvalue weighted by molar-refractivity contribution is 6.11. The number of carbonyl (C=O) groups is 4. The van der Waals surface area contributed by atoms with Crippen LogP contribution in [0.25, 0.3) is 54.2 Å². The van der Waals surface area contributed by atoms with E-state index in [0.717, 1.165) is 32.3 Å². The second kappa shape index (κ2) is 17.1. The molecule has 0 aliphatic heterocycles. The average molecular weight is 867 g/mol. The van der Waals surface area contributed by atoms with Crippen molar-refractivity contribution in [3.05, 3.63) is 216 Å². The Bertz CT molecular complexity index is 3340. The molecule has 0 heterocycles. The number of fused-ring (bicyclic) bond motifs is 4. The van der Waals surface area contributed by atoms with E-state index in [4.69, 9.17) is 18.9 Å². The predicted molar refractivity (Wildman–Crippen MR) is 251 cm³/mol. The maximum Gasteiger partial charge on any atom is 0.343 e. The maximum absolute atomic E-state index is 14.1. The molecule has 0 saturated heterocycles. The Labute approximate surface area is 376 Å². The number of rotatable bonds is 9. The molecule has 10 nitrogen and oxygen atoms in total. The molecule has 0 aliphatic carbocycles. The van der Waals surface area contributed by atoms with E-state index in [1.54, 1.807) is 84.9 Å². The first kappa shape index (κ1) is 40.8. The lowest BCUT2D eigenvalue weighted by Crippen LogP contribution is -2.11. The van der Waals surface area contributed by atoms with Crippen molar-refractivity contribution >= 4 is 67.0 Å². The summed E-state index contributed by atoms with van der Waals surface area (Å²) in [5, 5.41) is 25.3. The molecule has 0 radical (unpaired) electrons. The van der Waals surface area contributed by atoms with Gasteiger partial charge in [0.25, 0.3) is 0 Å². The lowest BCUT2D eigenvalue weighted by atomic mass is 9.92. The molecule has 0 saturated carbocycles. The Balaban J connectivity index is 0.954. The summed E-state index contributed by atoms with van der Waals surface area (Å²) in [6, 6.07) is 54.4. The molecule has 0 unspecified atom stereocenters. The van der Waals surface area contributed by atoms with Gasteiger partial charge < -0.3 is 29.2 Å². The number of carbonyl (C=O) groups excluding carboxylic acids is 4. The number of phenolic OH excluding ortho intramolecular Hbond substituents is 2. The minimum atomic E-state index is -0.621. The van der Waals surface area contributed by atoms with Crippen LogP contribution in [0, 0.1) is 0 Å².